The molecule has 1 aliphatic heterocycles. The summed E-state index contributed by atoms with van der Waals surface area (Å²) in [6.45, 7) is 2.46. The van der Waals surface area contributed by atoms with Crippen molar-refractivity contribution in [2.45, 2.75) is 25.9 Å². The maximum atomic E-state index is 12.9. The second kappa shape index (κ2) is 6.82. The molecule has 1 N–H and O–H groups in total. The molecule has 2 aromatic rings. The summed E-state index contributed by atoms with van der Waals surface area (Å²) in [7, 11) is 0. The summed E-state index contributed by atoms with van der Waals surface area (Å²) in [5.74, 6) is -2.37. The van der Waals surface area contributed by atoms with Gasteiger partial charge in [-0.1, -0.05) is 24.3 Å². The van der Waals surface area contributed by atoms with E-state index in [-0.39, 0.29) is 17.2 Å². The van der Waals surface area contributed by atoms with Crippen molar-refractivity contribution in [3.63, 3.8) is 0 Å². The highest BCUT2D eigenvalue weighted by Gasteiger charge is 2.38. The van der Waals surface area contributed by atoms with Gasteiger partial charge in [0, 0.05) is 17.8 Å². The maximum Gasteiger partial charge on any atom is 0.471 e. The van der Waals surface area contributed by atoms with Crippen molar-refractivity contribution in [2.75, 3.05) is 16.8 Å². The number of amides is 2. The molecule has 0 atom stereocenters. The molecule has 0 aromatic heterocycles. The quantitative estimate of drug-likeness (QED) is 0.875. The molecule has 2 aromatic carbocycles. The van der Waals surface area contributed by atoms with Crippen molar-refractivity contribution in [1.29, 1.82) is 0 Å². The van der Waals surface area contributed by atoms with E-state index in [4.69, 9.17) is 0 Å². The van der Waals surface area contributed by atoms with Gasteiger partial charge in [0.2, 0.25) is 0 Å². The highest BCUT2D eigenvalue weighted by atomic mass is 19.4. The van der Waals surface area contributed by atoms with Crippen molar-refractivity contribution < 1.29 is 22.8 Å². The van der Waals surface area contributed by atoms with Crippen LogP contribution in [0.15, 0.2) is 42.5 Å². The fraction of sp³-hybridized carbons (Fsp3) is 0.263. The molecule has 4 nitrogen and oxygen atoms in total. The van der Waals surface area contributed by atoms with E-state index in [1.165, 1.54) is 24.3 Å². The molecule has 0 radical (unpaired) electrons. The zero-order chi connectivity index (χ0) is 18.9. The van der Waals surface area contributed by atoms with Gasteiger partial charge in [0.1, 0.15) is 0 Å². The first-order valence-corrected chi connectivity index (χ1v) is 8.16. The molecule has 3 rings (SSSR count). The highest BCUT2D eigenvalue weighted by molar-refractivity contribution is 6.08. The van der Waals surface area contributed by atoms with Crippen LogP contribution in [0.1, 0.15) is 27.9 Å². The van der Waals surface area contributed by atoms with Crippen LogP contribution in [0.2, 0.25) is 0 Å². The SMILES string of the molecule is Cc1cccc2c1N(C(=O)c1cccc(NC(=O)C(F)(F)F)c1)CCC2. The number of halogens is 3. The lowest BCUT2D eigenvalue weighted by molar-refractivity contribution is -0.167. The van der Waals surface area contributed by atoms with Gasteiger partial charge in [-0.2, -0.15) is 13.2 Å². The Balaban J connectivity index is 1.88. The van der Waals surface area contributed by atoms with Crippen molar-refractivity contribution in [3.05, 3.63) is 59.2 Å². The van der Waals surface area contributed by atoms with E-state index in [0.29, 0.717) is 6.54 Å². The fourth-order valence-electron chi connectivity index (χ4n) is 3.14. The van der Waals surface area contributed by atoms with Gasteiger partial charge >= 0.3 is 12.1 Å². The molecule has 7 heteroatoms. The number of carbonyl (C=O) groups is 2. The lowest BCUT2D eigenvalue weighted by Gasteiger charge is -2.31. The van der Waals surface area contributed by atoms with E-state index < -0.39 is 12.1 Å². The first kappa shape index (κ1) is 18.0. The van der Waals surface area contributed by atoms with E-state index in [0.717, 1.165) is 29.7 Å². The van der Waals surface area contributed by atoms with Crippen molar-refractivity contribution in [1.82, 2.24) is 0 Å². The van der Waals surface area contributed by atoms with E-state index >= 15 is 0 Å². The Morgan fingerprint density at radius 2 is 1.85 bits per heavy atom. The van der Waals surface area contributed by atoms with E-state index in [9.17, 15) is 22.8 Å². The molecular weight excluding hydrogens is 345 g/mol. The number of hydrogen-bond donors (Lipinski definition) is 1. The average Bonchev–Trinajstić information content (AvgIpc) is 2.60. The molecule has 0 unspecified atom stereocenters. The van der Waals surface area contributed by atoms with Crippen LogP contribution in [0.25, 0.3) is 0 Å². The number of hydrogen-bond acceptors (Lipinski definition) is 2. The lowest BCUT2D eigenvalue weighted by atomic mass is 9.97. The molecule has 0 aliphatic carbocycles. The zero-order valence-corrected chi connectivity index (χ0v) is 14.1. The number of anilines is 2. The van der Waals surface area contributed by atoms with Gasteiger partial charge in [-0.3, -0.25) is 9.59 Å². The van der Waals surface area contributed by atoms with Crippen molar-refractivity contribution >= 4 is 23.2 Å². The third-order valence-corrected chi connectivity index (χ3v) is 4.29. The Bertz CT molecular complexity index is 862. The highest BCUT2D eigenvalue weighted by Crippen LogP contribution is 2.32. The molecule has 0 fully saturated rings. The topological polar surface area (TPSA) is 49.4 Å². The summed E-state index contributed by atoms with van der Waals surface area (Å²) in [5.41, 5.74) is 3.05. The minimum Gasteiger partial charge on any atom is -0.318 e. The third kappa shape index (κ3) is 3.56. The number of fused-ring (bicyclic) bond motifs is 1. The molecule has 1 aliphatic rings. The van der Waals surface area contributed by atoms with Gasteiger partial charge in [0.15, 0.2) is 0 Å². The summed E-state index contributed by atoms with van der Waals surface area (Å²) in [6.07, 6.45) is -3.29. The molecule has 2 amide bonds. The molecule has 0 saturated heterocycles. The fourth-order valence-corrected chi connectivity index (χ4v) is 3.14. The predicted molar refractivity (Wildman–Crippen MR) is 92.3 cm³/mol. The van der Waals surface area contributed by atoms with E-state index in [1.54, 1.807) is 10.2 Å². The first-order valence-electron chi connectivity index (χ1n) is 8.16. The summed E-state index contributed by atoms with van der Waals surface area (Å²) in [6, 6.07) is 11.4. The molecule has 136 valence electrons. The minimum absolute atomic E-state index is 0.0693. The van der Waals surface area contributed by atoms with Crippen LogP contribution in [0.3, 0.4) is 0 Å². The number of nitrogens with zero attached hydrogens (tertiary/aromatic N) is 1. The number of nitrogens with one attached hydrogen (secondary N) is 1. The Hall–Kier alpha value is -2.83. The van der Waals surface area contributed by atoms with Crippen molar-refractivity contribution in [3.8, 4) is 0 Å². The standard InChI is InChI=1S/C19H17F3N2O2/c1-12-5-2-6-13-8-4-10-24(16(12)13)17(25)14-7-3-9-15(11-14)23-18(26)19(20,21)22/h2-3,5-7,9,11H,4,8,10H2,1H3,(H,23,26). The number of rotatable bonds is 2. The Labute approximate surface area is 148 Å². The maximum absolute atomic E-state index is 12.9. The van der Waals surface area contributed by atoms with E-state index in [2.05, 4.69) is 0 Å². The number of alkyl halides is 3. The van der Waals surface area contributed by atoms with Crippen LogP contribution in [0.4, 0.5) is 24.5 Å². The number of carbonyl (C=O) groups excluding carboxylic acids is 2. The summed E-state index contributed by atoms with van der Waals surface area (Å²) >= 11 is 0. The zero-order valence-electron chi connectivity index (χ0n) is 14.1. The molecule has 0 saturated carbocycles. The van der Waals surface area contributed by atoms with Crippen LogP contribution in [0.5, 0.6) is 0 Å². The van der Waals surface area contributed by atoms with Crippen LogP contribution >= 0.6 is 0 Å². The van der Waals surface area contributed by atoms with Gasteiger partial charge in [0.25, 0.3) is 5.91 Å². The van der Waals surface area contributed by atoms with Gasteiger partial charge in [-0.25, -0.2) is 0 Å². The van der Waals surface area contributed by atoms with E-state index in [1.807, 2.05) is 25.1 Å². The molecule has 26 heavy (non-hydrogen) atoms. The Morgan fingerprint density at radius 1 is 1.12 bits per heavy atom. The summed E-state index contributed by atoms with van der Waals surface area (Å²) in [5, 5.41) is 1.78. The van der Waals surface area contributed by atoms with Crippen LogP contribution < -0.4 is 10.2 Å². The monoisotopic (exact) mass is 362 g/mol. The predicted octanol–water partition coefficient (Wildman–Crippen LogP) is 4.09. The molecular formula is C19H17F3N2O2. The van der Waals surface area contributed by atoms with Gasteiger partial charge in [-0.15, -0.1) is 0 Å². The van der Waals surface area contributed by atoms with Gasteiger partial charge < -0.3 is 10.2 Å². The normalized spacial score (nSPS) is 13.9. The Morgan fingerprint density at radius 3 is 2.58 bits per heavy atom. The summed E-state index contributed by atoms with van der Waals surface area (Å²) < 4.78 is 37.2. The van der Waals surface area contributed by atoms with Crippen LogP contribution in [-0.2, 0) is 11.2 Å². The largest absolute Gasteiger partial charge is 0.471 e. The lowest BCUT2D eigenvalue weighted by Crippen LogP contribution is -2.36. The second-order valence-corrected chi connectivity index (χ2v) is 6.18. The van der Waals surface area contributed by atoms with Crippen molar-refractivity contribution in [2.24, 2.45) is 0 Å². The smallest absolute Gasteiger partial charge is 0.318 e. The minimum atomic E-state index is -4.98. The molecule has 0 bridgehead atoms. The average molecular weight is 362 g/mol. The first-order chi connectivity index (χ1) is 12.3. The number of aryl methyl sites for hydroxylation is 2. The summed E-state index contributed by atoms with van der Waals surface area (Å²) in [4.78, 5) is 25.7. The number of para-hydroxylation sites is 1. The molecule has 0 spiro atoms. The Kier molecular flexibility index (Phi) is 4.71. The van der Waals surface area contributed by atoms with Gasteiger partial charge in [0.05, 0.1) is 5.69 Å². The van der Waals surface area contributed by atoms with Crippen LogP contribution in [-0.4, -0.2) is 24.5 Å². The molecule has 1 heterocycles. The number of benzene rings is 2. The van der Waals surface area contributed by atoms with Gasteiger partial charge in [-0.05, 0) is 49.1 Å². The van der Waals surface area contributed by atoms with Crippen LogP contribution in [0, 0.1) is 6.92 Å². The second-order valence-electron chi connectivity index (χ2n) is 6.18. The third-order valence-electron chi connectivity index (χ3n) is 4.29.